The summed E-state index contributed by atoms with van der Waals surface area (Å²) in [5.41, 5.74) is 1.39. The lowest BCUT2D eigenvalue weighted by molar-refractivity contribution is 0.414. The standard InChI is InChI=1S/C16H25N3O.HI/c1-4-10-18-16(17-2)19-11-9-14(12-19)13-5-7-15(20-3)8-6-13;/h5-8,14H,4,9-12H2,1-3H3,(H,17,18);1H. The van der Waals surface area contributed by atoms with Gasteiger partial charge in [0.25, 0.3) is 0 Å². The molecule has 0 aromatic heterocycles. The number of halogens is 1. The van der Waals surface area contributed by atoms with Crippen LogP contribution in [-0.2, 0) is 0 Å². The van der Waals surface area contributed by atoms with Crippen LogP contribution < -0.4 is 10.1 Å². The average molecular weight is 403 g/mol. The van der Waals surface area contributed by atoms with Gasteiger partial charge in [0.2, 0.25) is 0 Å². The number of benzene rings is 1. The largest absolute Gasteiger partial charge is 0.497 e. The molecule has 1 aliphatic heterocycles. The quantitative estimate of drug-likeness (QED) is 0.477. The Morgan fingerprint density at radius 2 is 2.10 bits per heavy atom. The van der Waals surface area contributed by atoms with Crippen molar-refractivity contribution in [1.82, 2.24) is 10.2 Å². The third-order valence-corrected chi connectivity index (χ3v) is 3.82. The fourth-order valence-electron chi connectivity index (χ4n) is 2.67. The highest BCUT2D eigenvalue weighted by atomic mass is 127. The maximum Gasteiger partial charge on any atom is 0.193 e. The highest BCUT2D eigenvalue weighted by Crippen LogP contribution is 2.28. The average Bonchev–Trinajstić information content (AvgIpc) is 2.98. The number of methoxy groups -OCH3 is 1. The maximum absolute atomic E-state index is 5.21. The molecule has 1 aromatic rings. The van der Waals surface area contributed by atoms with Gasteiger partial charge in [0.05, 0.1) is 7.11 Å². The molecule has 1 aliphatic rings. The Bertz CT molecular complexity index is 447. The summed E-state index contributed by atoms with van der Waals surface area (Å²) in [6, 6.07) is 8.44. The Balaban J connectivity index is 0.00000220. The van der Waals surface area contributed by atoms with E-state index in [2.05, 4.69) is 34.3 Å². The molecule has 4 nitrogen and oxygen atoms in total. The predicted octanol–water partition coefficient (Wildman–Crippen LogP) is 3.09. The Labute approximate surface area is 145 Å². The highest BCUT2D eigenvalue weighted by molar-refractivity contribution is 14.0. The summed E-state index contributed by atoms with van der Waals surface area (Å²) in [7, 11) is 3.56. The van der Waals surface area contributed by atoms with Crippen LogP contribution in [0.3, 0.4) is 0 Å². The first-order chi connectivity index (χ1) is 9.78. The number of hydrogen-bond donors (Lipinski definition) is 1. The zero-order chi connectivity index (χ0) is 14.4. The number of ether oxygens (including phenoxy) is 1. The van der Waals surface area contributed by atoms with Crippen LogP contribution in [0.1, 0.15) is 31.2 Å². The van der Waals surface area contributed by atoms with Gasteiger partial charge in [-0.1, -0.05) is 19.1 Å². The monoisotopic (exact) mass is 403 g/mol. The third kappa shape index (κ3) is 4.76. The fraction of sp³-hybridized carbons (Fsp3) is 0.562. The normalized spacial score (nSPS) is 18.3. The van der Waals surface area contributed by atoms with Gasteiger partial charge in [-0.3, -0.25) is 4.99 Å². The number of hydrogen-bond acceptors (Lipinski definition) is 2. The van der Waals surface area contributed by atoms with E-state index in [1.54, 1.807) is 7.11 Å². The molecule has 0 radical (unpaired) electrons. The molecule has 21 heavy (non-hydrogen) atoms. The van der Waals surface area contributed by atoms with Crippen molar-refractivity contribution in [2.45, 2.75) is 25.7 Å². The molecule has 2 rings (SSSR count). The van der Waals surface area contributed by atoms with Crippen LogP contribution in [0.25, 0.3) is 0 Å². The second-order valence-electron chi connectivity index (χ2n) is 5.18. The van der Waals surface area contributed by atoms with Gasteiger partial charge in [-0.2, -0.15) is 0 Å². The van der Waals surface area contributed by atoms with Gasteiger partial charge in [-0.05, 0) is 30.5 Å². The first-order valence-corrected chi connectivity index (χ1v) is 7.38. The van der Waals surface area contributed by atoms with Gasteiger partial charge in [-0.15, -0.1) is 24.0 Å². The molecule has 1 N–H and O–H groups in total. The highest BCUT2D eigenvalue weighted by Gasteiger charge is 2.25. The molecule has 0 amide bonds. The molecule has 118 valence electrons. The van der Waals surface area contributed by atoms with Gasteiger partial charge >= 0.3 is 0 Å². The minimum atomic E-state index is 0. The Morgan fingerprint density at radius 3 is 2.67 bits per heavy atom. The molecule has 5 heteroatoms. The first kappa shape index (κ1) is 18.1. The molecule has 0 bridgehead atoms. The van der Waals surface area contributed by atoms with E-state index >= 15 is 0 Å². The minimum Gasteiger partial charge on any atom is -0.497 e. The van der Waals surface area contributed by atoms with Crippen LogP contribution in [-0.4, -0.2) is 44.7 Å². The van der Waals surface area contributed by atoms with Crippen molar-refractivity contribution < 1.29 is 4.74 Å². The van der Waals surface area contributed by atoms with Crippen LogP contribution in [0, 0.1) is 0 Å². The lowest BCUT2D eigenvalue weighted by Gasteiger charge is -2.21. The van der Waals surface area contributed by atoms with Crippen molar-refractivity contribution in [2.24, 2.45) is 4.99 Å². The maximum atomic E-state index is 5.21. The van der Waals surface area contributed by atoms with E-state index in [4.69, 9.17) is 4.74 Å². The van der Waals surface area contributed by atoms with E-state index < -0.39 is 0 Å². The van der Waals surface area contributed by atoms with E-state index in [1.165, 1.54) is 12.0 Å². The first-order valence-electron chi connectivity index (χ1n) is 7.38. The number of rotatable bonds is 4. The molecule has 1 aromatic carbocycles. The van der Waals surface area contributed by atoms with Crippen molar-refractivity contribution in [2.75, 3.05) is 33.8 Å². The molecule has 1 fully saturated rings. The second-order valence-corrected chi connectivity index (χ2v) is 5.18. The number of aliphatic imine (C=N–C) groups is 1. The van der Waals surface area contributed by atoms with E-state index in [-0.39, 0.29) is 24.0 Å². The van der Waals surface area contributed by atoms with E-state index in [0.717, 1.165) is 37.8 Å². The zero-order valence-corrected chi connectivity index (χ0v) is 15.5. The van der Waals surface area contributed by atoms with Crippen LogP contribution in [0.4, 0.5) is 0 Å². The SMILES string of the molecule is CCCNC(=NC)N1CCC(c2ccc(OC)cc2)C1.I. The van der Waals surface area contributed by atoms with Crippen LogP contribution in [0.15, 0.2) is 29.3 Å². The molecule has 1 saturated heterocycles. The van der Waals surface area contributed by atoms with Crippen LogP contribution >= 0.6 is 24.0 Å². The Hall–Kier alpha value is -0.980. The van der Waals surface area contributed by atoms with Gasteiger partial charge in [0, 0.05) is 32.6 Å². The lowest BCUT2D eigenvalue weighted by atomic mass is 9.98. The number of guanidine groups is 1. The van der Waals surface area contributed by atoms with Gasteiger partial charge in [0.1, 0.15) is 5.75 Å². The Kier molecular flexibility index (Phi) is 7.85. The fourth-order valence-corrected chi connectivity index (χ4v) is 2.67. The van der Waals surface area contributed by atoms with Crippen molar-refractivity contribution >= 4 is 29.9 Å². The number of nitrogens with zero attached hydrogens (tertiary/aromatic N) is 2. The van der Waals surface area contributed by atoms with Gasteiger partial charge in [-0.25, -0.2) is 0 Å². The summed E-state index contributed by atoms with van der Waals surface area (Å²) >= 11 is 0. The van der Waals surface area contributed by atoms with Gasteiger partial charge < -0.3 is 15.0 Å². The number of nitrogens with one attached hydrogen (secondary N) is 1. The van der Waals surface area contributed by atoms with Crippen LogP contribution in [0.2, 0.25) is 0 Å². The summed E-state index contributed by atoms with van der Waals surface area (Å²) in [5, 5.41) is 3.41. The molecule has 0 spiro atoms. The van der Waals surface area contributed by atoms with Crippen molar-refractivity contribution in [3.05, 3.63) is 29.8 Å². The smallest absolute Gasteiger partial charge is 0.193 e. The molecule has 1 unspecified atom stereocenters. The van der Waals surface area contributed by atoms with Crippen molar-refractivity contribution in [1.29, 1.82) is 0 Å². The Morgan fingerprint density at radius 1 is 1.38 bits per heavy atom. The minimum absolute atomic E-state index is 0. The molecule has 1 atom stereocenters. The van der Waals surface area contributed by atoms with E-state index in [0.29, 0.717) is 5.92 Å². The summed E-state index contributed by atoms with van der Waals surface area (Å²) in [4.78, 5) is 6.73. The molecular formula is C16H26IN3O. The van der Waals surface area contributed by atoms with E-state index in [9.17, 15) is 0 Å². The lowest BCUT2D eigenvalue weighted by Crippen LogP contribution is -2.40. The summed E-state index contributed by atoms with van der Waals surface area (Å²) in [6.07, 6.45) is 2.30. The summed E-state index contributed by atoms with van der Waals surface area (Å²) < 4.78 is 5.21. The van der Waals surface area contributed by atoms with Crippen molar-refractivity contribution in [3.63, 3.8) is 0 Å². The topological polar surface area (TPSA) is 36.9 Å². The summed E-state index contributed by atoms with van der Waals surface area (Å²) in [5.74, 6) is 2.54. The van der Waals surface area contributed by atoms with E-state index in [1.807, 2.05) is 19.2 Å². The molecule has 0 aliphatic carbocycles. The number of likely N-dealkylation sites (tertiary alicyclic amines) is 1. The van der Waals surface area contributed by atoms with Crippen molar-refractivity contribution in [3.8, 4) is 5.75 Å². The molecule has 0 saturated carbocycles. The summed E-state index contributed by atoms with van der Waals surface area (Å²) in [6.45, 7) is 5.26. The van der Waals surface area contributed by atoms with Gasteiger partial charge in [0.15, 0.2) is 5.96 Å². The zero-order valence-electron chi connectivity index (χ0n) is 13.1. The predicted molar refractivity (Wildman–Crippen MR) is 99.0 cm³/mol. The van der Waals surface area contributed by atoms with Crippen LogP contribution in [0.5, 0.6) is 5.75 Å². The third-order valence-electron chi connectivity index (χ3n) is 3.82. The molecular weight excluding hydrogens is 377 g/mol. The second kappa shape index (κ2) is 9.12. The molecule has 1 heterocycles.